The zero-order valence-electron chi connectivity index (χ0n) is 12.6. The molecule has 0 saturated heterocycles. The van der Waals surface area contributed by atoms with Crippen LogP contribution in [0.2, 0.25) is 0 Å². The fourth-order valence-electron chi connectivity index (χ4n) is 3.36. The van der Waals surface area contributed by atoms with E-state index in [1.165, 1.54) is 31.2 Å². The van der Waals surface area contributed by atoms with Crippen molar-refractivity contribution in [2.45, 2.75) is 37.8 Å². The third-order valence-electron chi connectivity index (χ3n) is 4.73. The SMILES string of the molecule is CNC1CCC(N(C)c2nc3ccccc3n2C)CC1. The van der Waals surface area contributed by atoms with Crippen LogP contribution in [0, 0.1) is 0 Å². The van der Waals surface area contributed by atoms with Gasteiger partial charge in [0.2, 0.25) is 5.95 Å². The van der Waals surface area contributed by atoms with Crippen LogP contribution in [0.5, 0.6) is 0 Å². The molecule has 4 heteroatoms. The number of fused-ring (bicyclic) bond motifs is 1. The summed E-state index contributed by atoms with van der Waals surface area (Å²) in [6.45, 7) is 0. The summed E-state index contributed by atoms with van der Waals surface area (Å²) < 4.78 is 2.21. The van der Waals surface area contributed by atoms with E-state index in [-0.39, 0.29) is 0 Å². The lowest BCUT2D eigenvalue weighted by Gasteiger charge is -2.35. The van der Waals surface area contributed by atoms with E-state index >= 15 is 0 Å². The molecule has 108 valence electrons. The van der Waals surface area contributed by atoms with Crippen molar-refractivity contribution >= 4 is 17.0 Å². The summed E-state index contributed by atoms with van der Waals surface area (Å²) in [6, 6.07) is 9.65. The lowest BCUT2D eigenvalue weighted by molar-refractivity contribution is 0.349. The molecule has 0 spiro atoms. The number of anilines is 1. The Morgan fingerprint density at radius 3 is 2.55 bits per heavy atom. The van der Waals surface area contributed by atoms with Crippen LogP contribution >= 0.6 is 0 Å². The van der Waals surface area contributed by atoms with Gasteiger partial charge in [0, 0.05) is 26.2 Å². The Labute approximate surface area is 120 Å². The molecule has 3 rings (SSSR count). The molecule has 1 aromatic heterocycles. The largest absolute Gasteiger partial charge is 0.342 e. The molecule has 0 atom stereocenters. The van der Waals surface area contributed by atoms with Crippen LogP contribution < -0.4 is 10.2 Å². The molecule has 0 bridgehead atoms. The molecule has 4 nitrogen and oxygen atoms in total. The molecule has 1 aromatic carbocycles. The van der Waals surface area contributed by atoms with Gasteiger partial charge >= 0.3 is 0 Å². The van der Waals surface area contributed by atoms with Gasteiger partial charge in [0.15, 0.2) is 0 Å². The van der Waals surface area contributed by atoms with E-state index in [0.29, 0.717) is 12.1 Å². The smallest absolute Gasteiger partial charge is 0.206 e. The van der Waals surface area contributed by atoms with E-state index in [0.717, 1.165) is 11.5 Å². The zero-order valence-corrected chi connectivity index (χ0v) is 12.6. The van der Waals surface area contributed by atoms with Gasteiger partial charge in [-0.2, -0.15) is 0 Å². The molecule has 1 N–H and O–H groups in total. The molecule has 0 amide bonds. The van der Waals surface area contributed by atoms with Crippen LogP contribution in [0.25, 0.3) is 11.0 Å². The number of para-hydroxylation sites is 2. The van der Waals surface area contributed by atoms with Crippen LogP contribution in [0.1, 0.15) is 25.7 Å². The number of imidazole rings is 1. The van der Waals surface area contributed by atoms with E-state index < -0.39 is 0 Å². The first-order chi connectivity index (χ1) is 9.70. The first-order valence-corrected chi connectivity index (χ1v) is 7.52. The first-order valence-electron chi connectivity index (χ1n) is 7.52. The van der Waals surface area contributed by atoms with Gasteiger partial charge in [0.1, 0.15) is 0 Å². The van der Waals surface area contributed by atoms with Crippen LogP contribution in [0.3, 0.4) is 0 Å². The molecule has 20 heavy (non-hydrogen) atoms. The van der Waals surface area contributed by atoms with Crippen molar-refractivity contribution in [1.29, 1.82) is 0 Å². The molecule has 1 aliphatic rings. The lowest BCUT2D eigenvalue weighted by atomic mass is 9.90. The Balaban J connectivity index is 1.82. The van der Waals surface area contributed by atoms with Crippen molar-refractivity contribution in [1.82, 2.24) is 14.9 Å². The first kappa shape index (κ1) is 13.4. The van der Waals surface area contributed by atoms with Crippen LogP contribution in [-0.4, -0.2) is 35.7 Å². The van der Waals surface area contributed by atoms with Gasteiger partial charge in [-0.05, 0) is 44.9 Å². The Morgan fingerprint density at radius 2 is 1.90 bits per heavy atom. The quantitative estimate of drug-likeness (QED) is 0.932. The molecule has 1 aliphatic carbocycles. The second-order valence-corrected chi connectivity index (χ2v) is 5.86. The van der Waals surface area contributed by atoms with Gasteiger partial charge in [-0.25, -0.2) is 4.98 Å². The molecule has 1 fully saturated rings. The van der Waals surface area contributed by atoms with E-state index in [9.17, 15) is 0 Å². The maximum Gasteiger partial charge on any atom is 0.206 e. The van der Waals surface area contributed by atoms with E-state index in [1.54, 1.807) is 0 Å². The van der Waals surface area contributed by atoms with Crippen molar-refractivity contribution in [3.8, 4) is 0 Å². The highest BCUT2D eigenvalue weighted by molar-refractivity contribution is 5.78. The molecule has 2 aromatic rings. The maximum atomic E-state index is 4.80. The molecular weight excluding hydrogens is 248 g/mol. The number of nitrogens with one attached hydrogen (secondary N) is 1. The number of aryl methyl sites for hydroxylation is 1. The Morgan fingerprint density at radius 1 is 1.20 bits per heavy atom. The Bertz CT molecular complexity index is 581. The third kappa shape index (κ3) is 2.29. The minimum Gasteiger partial charge on any atom is -0.342 e. The van der Waals surface area contributed by atoms with E-state index in [1.807, 2.05) is 0 Å². The van der Waals surface area contributed by atoms with Crippen molar-refractivity contribution in [3.05, 3.63) is 24.3 Å². The third-order valence-corrected chi connectivity index (χ3v) is 4.73. The number of hydrogen-bond donors (Lipinski definition) is 1. The molecular formula is C16H24N4. The Kier molecular flexibility index (Phi) is 3.66. The van der Waals surface area contributed by atoms with Gasteiger partial charge in [-0.3, -0.25) is 0 Å². The van der Waals surface area contributed by atoms with Crippen LogP contribution in [0.15, 0.2) is 24.3 Å². The highest BCUT2D eigenvalue weighted by atomic mass is 15.3. The number of benzene rings is 1. The minimum atomic E-state index is 0.607. The van der Waals surface area contributed by atoms with Crippen molar-refractivity contribution in [3.63, 3.8) is 0 Å². The fraction of sp³-hybridized carbons (Fsp3) is 0.562. The van der Waals surface area contributed by atoms with Crippen molar-refractivity contribution in [2.24, 2.45) is 7.05 Å². The number of hydrogen-bond acceptors (Lipinski definition) is 3. The lowest BCUT2D eigenvalue weighted by Crippen LogP contribution is -2.40. The average molecular weight is 272 g/mol. The molecule has 0 radical (unpaired) electrons. The maximum absolute atomic E-state index is 4.80. The highest BCUT2D eigenvalue weighted by Crippen LogP contribution is 2.27. The summed E-state index contributed by atoms with van der Waals surface area (Å²) in [5.41, 5.74) is 2.29. The van der Waals surface area contributed by atoms with Crippen molar-refractivity contribution < 1.29 is 0 Å². The fourth-order valence-corrected chi connectivity index (χ4v) is 3.36. The zero-order chi connectivity index (χ0) is 14.1. The minimum absolute atomic E-state index is 0.607. The van der Waals surface area contributed by atoms with Crippen molar-refractivity contribution in [2.75, 3.05) is 19.0 Å². The highest BCUT2D eigenvalue weighted by Gasteiger charge is 2.25. The van der Waals surface area contributed by atoms with Crippen LogP contribution in [0.4, 0.5) is 5.95 Å². The average Bonchev–Trinajstić information content (AvgIpc) is 2.84. The predicted octanol–water partition coefficient (Wildman–Crippen LogP) is 2.54. The van der Waals surface area contributed by atoms with E-state index in [2.05, 4.69) is 60.2 Å². The number of aromatic nitrogens is 2. The normalized spacial score (nSPS) is 23.1. The summed E-state index contributed by atoms with van der Waals surface area (Å²) >= 11 is 0. The second kappa shape index (κ2) is 5.44. The summed E-state index contributed by atoms with van der Waals surface area (Å²) in [6.07, 6.45) is 5.00. The van der Waals surface area contributed by atoms with Gasteiger partial charge in [-0.1, -0.05) is 12.1 Å². The molecule has 1 saturated carbocycles. The van der Waals surface area contributed by atoms with Gasteiger partial charge in [-0.15, -0.1) is 0 Å². The van der Waals surface area contributed by atoms with E-state index in [4.69, 9.17) is 4.98 Å². The Hall–Kier alpha value is -1.55. The molecule has 0 aliphatic heterocycles. The number of nitrogens with zero attached hydrogens (tertiary/aromatic N) is 3. The topological polar surface area (TPSA) is 33.1 Å². The summed E-state index contributed by atoms with van der Waals surface area (Å²) in [4.78, 5) is 7.17. The second-order valence-electron chi connectivity index (χ2n) is 5.86. The number of rotatable bonds is 3. The van der Waals surface area contributed by atoms with Gasteiger partial charge in [0.25, 0.3) is 0 Å². The van der Waals surface area contributed by atoms with Gasteiger partial charge < -0.3 is 14.8 Å². The van der Waals surface area contributed by atoms with Crippen LogP contribution in [-0.2, 0) is 7.05 Å². The summed E-state index contributed by atoms with van der Waals surface area (Å²) in [7, 11) is 6.37. The summed E-state index contributed by atoms with van der Waals surface area (Å²) in [5.74, 6) is 1.08. The molecule has 0 unspecified atom stereocenters. The van der Waals surface area contributed by atoms with Gasteiger partial charge in [0.05, 0.1) is 11.0 Å². The standard InChI is InChI=1S/C16H24N4/c1-17-12-8-10-13(11-9-12)19(2)16-18-14-6-4-5-7-15(14)20(16)3/h4-7,12-13,17H,8-11H2,1-3H3. The predicted molar refractivity (Wildman–Crippen MR) is 84.2 cm³/mol. The summed E-state index contributed by atoms with van der Waals surface area (Å²) in [5, 5.41) is 3.40. The monoisotopic (exact) mass is 272 g/mol. The molecule has 1 heterocycles.